The molecule has 2 aromatic heterocycles. The number of hydrogen-bond donors (Lipinski definition) is 0. The number of terminal acetylenes is 1. The van der Waals surface area contributed by atoms with Gasteiger partial charge in [0.25, 0.3) is 0 Å². The molecule has 0 aliphatic rings. The van der Waals surface area contributed by atoms with Crippen molar-refractivity contribution in [3.8, 4) is 23.5 Å². The normalized spacial score (nSPS) is 12.4. The molecule has 228 valence electrons. The van der Waals surface area contributed by atoms with Gasteiger partial charge in [-0.25, -0.2) is 0 Å². The largest absolute Gasteiger partial charge is 0.310 e. The third-order valence-corrected chi connectivity index (χ3v) is 10.5. The highest BCUT2D eigenvalue weighted by molar-refractivity contribution is 7.20. The van der Waals surface area contributed by atoms with Gasteiger partial charge >= 0.3 is 0 Å². The Hall–Kier alpha value is -5.88. The van der Waals surface area contributed by atoms with E-state index in [0.29, 0.717) is 0 Å². The number of allylic oxidation sites excluding steroid dienone is 6. The van der Waals surface area contributed by atoms with Gasteiger partial charge in [-0.3, -0.25) is 0 Å². The van der Waals surface area contributed by atoms with Crippen molar-refractivity contribution in [3.63, 3.8) is 0 Å². The SMILES string of the molecule is C#Cc1c(/C=C\C)sc2c(-c3ccc4c(c3)c3ccccc3n4C(/C=C\C=C)=C/Cc3c4ccccc4cc4ccccc34)cccc12. The molecular weight excluding hydrogens is 599 g/mol. The summed E-state index contributed by atoms with van der Waals surface area (Å²) in [5.74, 6) is 2.95. The van der Waals surface area contributed by atoms with Crippen LogP contribution in [0.5, 0.6) is 0 Å². The number of thiophene rings is 1. The molecule has 6 aromatic carbocycles. The van der Waals surface area contributed by atoms with Gasteiger partial charge in [-0.2, -0.15) is 0 Å². The van der Waals surface area contributed by atoms with Crippen LogP contribution in [0.4, 0.5) is 0 Å². The first-order chi connectivity index (χ1) is 23.7. The monoisotopic (exact) mass is 631 g/mol. The van der Waals surface area contributed by atoms with Crippen LogP contribution >= 0.6 is 11.3 Å². The van der Waals surface area contributed by atoms with E-state index < -0.39 is 0 Å². The lowest BCUT2D eigenvalue weighted by molar-refractivity contribution is 1.20. The highest BCUT2D eigenvalue weighted by atomic mass is 32.1. The van der Waals surface area contributed by atoms with E-state index in [-0.39, 0.29) is 0 Å². The summed E-state index contributed by atoms with van der Waals surface area (Å²) < 4.78 is 3.62. The Kier molecular flexibility index (Phi) is 7.61. The van der Waals surface area contributed by atoms with Gasteiger partial charge in [0.1, 0.15) is 0 Å². The minimum atomic E-state index is 0.789. The number of nitrogens with zero attached hydrogens (tertiary/aromatic N) is 1. The molecule has 0 aliphatic carbocycles. The fourth-order valence-corrected chi connectivity index (χ4v) is 8.41. The van der Waals surface area contributed by atoms with Crippen molar-refractivity contribution >= 4 is 76.5 Å². The maximum atomic E-state index is 6.00. The second kappa shape index (κ2) is 12.4. The summed E-state index contributed by atoms with van der Waals surface area (Å²) >= 11 is 1.77. The van der Waals surface area contributed by atoms with Crippen molar-refractivity contribution in [1.29, 1.82) is 0 Å². The molecule has 0 unspecified atom stereocenters. The van der Waals surface area contributed by atoms with E-state index in [2.05, 4.69) is 157 Å². The summed E-state index contributed by atoms with van der Waals surface area (Å²) in [7, 11) is 0. The first-order valence-corrected chi connectivity index (χ1v) is 17.1. The second-order valence-electron chi connectivity index (χ2n) is 12.0. The lowest BCUT2D eigenvalue weighted by atomic mass is 9.94. The summed E-state index contributed by atoms with van der Waals surface area (Å²) in [6, 6.07) is 41.8. The zero-order chi connectivity index (χ0) is 32.6. The molecule has 0 fully saturated rings. The van der Waals surface area contributed by atoms with Crippen molar-refractivity contribution in [2.45, 2.75) is 13.3 Å². The third kappa shape index (κ3) is 4.88. The molecule has 0 atom stereocenters. The van der Waals surface area contributed by atoms with Crippen LogP contribution in [0.15, 0.2) is 152 Å². The molecular formula is C46H33NS. The molecule has 0 N–H and O–H groups in total. The summed E-state index contributed by atoms with van der Waals surface area (Å²) in [4.78, 5) is 1.13. The van der Waals surface area contributed by atoms with Crippen molar-refractivity contribution in [2.24, 2.45) is 0 Å². The van der Waals surface area contributed by atoms with Crippen LogP contribution in [0.2, 0.25) is 0 Å². The van der Waals surface area contributed by atoms with E-state index in [1.54, 1.807) is 11.3 Å². The molecule has 0 radical (unpaired) electrons. The molecule has 2 heteroatoms. The average molecular weight is 632 g/mol. The van der Waals surface area contributed by atoms with Crippen LogP contribution in [0.1, 0.15) is 22.9 Å². The second-order valence-corrected chi connectivity index (χ2v) is 13.0. The molecule has 48 heavy (non-hydrogen) atoms. The number of fused-ring (bicyclic) bond motifs is 6. The zero-order valence-corrected chi connectivity index (χ0v) is 27.6. The van der Waals surface area contributed by atoms with Gasteiger partial charge in [-0.05, 0) is 88.0 Å². The Labute approximate surface area is 285 Å². The van der Waals surface area contributed by atoms with Crippen molar-refractivity contribution < 1.29 is 0 Å². The Balaban J connectivity index is 1.33. The van der Waals surface area contributed by atoms with Crippen molar-refractivity contribution in [3.05, 3.63) is 168 Å². The predicted octanol–water partition coefficient (Wildman–Crippen LogP) is 12.8. The maximum absolute atomic E-state index is 6.00. The summed E-state index contributed by atoms with van der Waals surface area (Å²) in [5, 5.41) is 8.69. The van der Waals surface area contributed by atoms with E-state index >= 15 is 0 Å². The van der Waals surface area contributed by atoms with Gasteiger partial charge in [-0.15, -0.1) is 17.8 Å². The Bertz CT molecular complexity index is 2630. The molecule has 0 saturated carbocycles. The van der Waals surface area contributed by atoms with Crippen LogP contribution in [-0.4, -0.2) is 4.57 Å². The zero-order valence-electron chi connectivity index (χ0n) is 26.8. The lowest BCUT2D eigenvalue weighted by Gasteiger charge is -2.13. The van der Waals surface area contributed by atoms with E-state index in [0.717, 1.165) is 27.9 Å². The van der Waals surface area contributed by atoms with Gasteiger partial charge in [0, 0.05) is 31.4 Å². The van der Waals surface area contributed by atoms with Gasteiger partial charge in [0.2, 0.25) is 0 Å². The van der Waals surface area contributed by atoms with Crippen LogP contribution in [0.3, 0.4) is 0 Å². The number of rotatable bonds is 7. The molecule has 1 nitrogen and oxygen atoms in total. The Morgan fingerprint density at radius 1 is 0.771 bits per heavy atom. The molecule has 0 aliphatic heterocycles. The molecule has 0 amide bonds. The lowest BCUT2D eigenvalue weighted by Crippen LogP contribution is -1.97. The maximum Gasteiger partial charge on any atom is 0.0541 e. The Morgan fingerprint density at radius 2 is 1.46 bits per heavy atom. The van der Waals surface area contributed by atoms with Crippen LogP contribution < -0.4 is 0 Å². The first kappa shape index (κ1) is 29.5. The van der Waals surface area contributed by atoms with Gasteiger partial charge < -0.3 is 4.57 Å². The van der Waals surface area contributed by atoms with Crippen LogP contribution in [0.25, 0.3) is 76.3 Å². The van der Waals surface area contributed by atoms with E-state index in [1.807, 2.05) is 19.1 Å². The molecule has 0 spiro atoms. The molecule has 0 bridgehead atoms. The highest BCUT2D eigenvalue weighted by Gasteiger charge is 2.17. The predicted molar refractivity (Wildman–Crippen MR) is 212 cm³/mol. The van der Waals surface area contributed by atoms with Gasteiger partial charge in [0.05, 0.1) is 16.6 Å². The van der Waals surface area contributed by atoms with E-state index in [4.69, 9.17) is 6.42 Å². The quantitative estimate of drug-likeness (QED) is 0.0937. The van der Waals surface area contributed by atoms with Crippen molar-refractivity contribution in [2.75, 3.05) is 0 Å². The van der Waals surface area contributed by atoms with Gasteiger partial charge in [0.15, 0.2) is 0 Å². The Morgan fingerprint density at radius 3 is 2.19 bits per heavy atom. The molecule has 0 saturated heterocycles. The molecule has 8 rings (SSSR count). The number of para-hydroxylation sites is 1. The number of benzene rings is 6. The van der Waals surface area contributed by atoms with Gasteiger partial charge in [-0.1, -0.05) is 128 Å². The van der Waals surface area contributed by atoms with E-state index in [9.17, 15) is 0 Å². The van der Waals surface area contributed by atoms with E-state index in [1.165, 1.54) is 64.7 Å². The average Bonchev–Trinajstić information content (AvgIpc) is 3.66. The molecule has 2 heterocycles. The van der Waals surface area contributed by atoms with Crippen LogP contribution in [0, 0.1) is 12.3 Å². The summed E-state index contributed by atoms with van der Waals surface area (Å²) in [6.45, 7) is 6.03. The van der Waals surface area contributed by atoms with Crippen LogP contribution in [-0.2, 0) is 6.42 Å². The fourth-order valence-electron chi connectivity index (χ4n) is 7.14. The topological polar surface area (TPSA) is 4.93 Å². The minimum Gasteiger partial charge on any atom is -0.310 e. The molecule has 8 aromatic rings. The number of aromatic nitrogens is 1. The van der Waals surface area contributed by atoms with Crippen molar-refractivity contribution in [1.82, 2.24) is 4.57 Å². The number of hydrogen-bond acceptors (Lipinski definition) is 1. The minimum absolute atomic E-state index is 0.789. The standard InChI is InChI=1S/C46H33NS/c1-4-7-18-34(26-27-39-36-19-10-8-16-31(36)29-32-17-9-11-20-37(32)39)47-43-24-13-12-21-40(43)42-30-33(25-28-44(42)47)38-22-14-23-41-35(6-3)45(15-5-2)48-46(38)41/h3-5,7-26,28-30H,1,27H2,2H3/b15-5-,18-7-,34-26+. The fraction of sp³-hybridized carbons (Fsp3) is 0.0435. The highest BCUT2D eigenvalue weighted by Crippen LogP contribution is 2.41. The smallest absolute Gasteiger partial charge is 0.0541 e. The summed E-state index contributed by atoms with van der Waals surface area (Å²) in [6.07, 6.45) is 19.4. The third-order valence-electron chi connectivity index (χ3n) is 9.25. The first-order valence-electron chi connectivity index (χ1n) is 16.3. The summed E-state index contributed by atoms with van der Waals surface area (Å²) in [5.41, 5.74) is 8.14.